The fraction of sp³-hybridized carbons (Fsp3) is 0.889. The topological polar surface area (TPSA) is 18.8 Å². The summed E-state index contributed by atoms with van der Waals surface area (Å²) in [5.41, 5.74) is 0. The van der Waals surface area contributed by atoms with E-state index in [-0.39, 0.29) is 0 Å². The van der Waals surface area contributed by atoms with E-state index < -0.39 is 0 Å². The summed E-state index contributed by atoms with van der Waals surface area (Å²) in [4.78, 5) is 1.94. The van der Waals surface area contributed by atoms with Crippen molar-refractivity contribution in [1.29, 1.82) is 0 Å². The minimum atomic E-state index is 0.459. The van der Waals surface area contributed by atoms with Crippen LogP contribution in [-0.2, 0) is 0 Å². The van der Waals surface area contributed by atoms with Gasteiger partial charge in [0.15, 0.2) is 0 Å². The average molecular weight is 171 g/mol. The molecular formula is C9H21N3. The van der Waals surface area contributed by atoms with E-state index in [0.29, 0.717) is 12.1 Å². The number of hydrogen-bond donors (Lipinski definition) is 0. The first kappa shape index (κ1) is 11.3. The Labute approximate surface area is 76.0 Å². The number of hydrogen-bond acceptors (Lipinski definition) is 2. The third kappa shape index (κ3) is 4.21. The van der Waals surface area contributed by atoms with Gasteiger partial charge in [-0.2, -0.15) is 5.10 Å². The maximum Gasteiger partial charge on any atom is 0.111 e. The standard InChI is InChI=1S/C9H21N3/c1-8(2)12(9(3)4)10-7-11(5)6/h7-9H,1-6H3/b10-7+. The first-order valence-electron chi connectivity index (χ1n) is 4.44. The zero-order valence-electron chi connectivity index (χ0n) is 9.07. The van der Waals surface area contributed by atoms with Crippen LogP contribution in [0.25, 0.3) is 0 Å². The maximum atomic E-state index is 4.36. The first-order valence-corrected chi connectivity index (χ1v) is 4.44. The molecule has 0 aromatic carbocycles. The molecule has 0 unspecified atom stereocenters. The Hall–Kier alpha value is -0.730. The molecule has 0 rings (SSSR count). The lowest BCUT2D eigenvalue weighted by atomic mass is 10.3. The van der Waals surface area contributed by atoms with Crippen LogP contribution in [0.15, 0.2) is 5.10 Å². The predicted octanol–water partition coefficient (Wildman–Crippen LogP) is 1.61. The Morgan fingerprint density at radius 1 is 1.00 bits per heavy atom. The summed E-state index contributed by atoms with van der Waals surface area (Å²) < 4.78 is 0. The molecule has 0 radical (unpaired) electrons. The quantitative estimate of drug-likeness (QED) is 0.363. The molecular weight excluding hydrogens is 150 g/mol. The second kappa shape index (κ2) is 5.01. The van der Waals surface area contributed by atoms with Crippen molar-refractivity contribution in [3.8, 4) is 0 Å². The highest BCUT2D eigenvalue weighted by Crippen LogP contribution is 2.04. The van der Waals surface area contributed by atoms with Gasteiger partial charge in [0.05, 0.1) is 0 Å². The van der Waals surface area contributed by atoms with Crippen LogP contribution >= 0.6 is 0 Å². The van der Waals surface area contributed by atoms with Gasteiger partial charge >= 0.3 is 0 Å². The SMILES string of the molecule is CC(C)N(/N=C/N(C)C)C(C)C. The van der Waals surface area contributed by atoms with Crippen molar-refractivity contribution in [2.45, 2.75) is 39.8 Å². The van der Waals surface area contributed by atoms with Crippen LogP contribution in [0.3, 0.4) is 0 Å². The summed E-state index contributed by atoms with van der Waals surface area (Å²) >= 11 is 0. The van der Waals surface area contributed by atoms with Gasteiger partial charge in [-0.3, -0.25) is 5.01 Å². The van der Waals surface area contributed by atoms with Crippen molar-refractivity contribution >= 4 is 6.34 Å². The molecule has 3 heteroatoms. The minimum absolute atomic E-state index is 0.459. The van der Waals surface area contributed by atoms with Crippen molar-refractivity contribution in [3.63, 3.8) is 0 Å². The molecule has 0 atom stereocenters. The molecule has 0 aliphatic carbocycles. The summed E-state index contributed by atoms with van der Waals surface area (Å²) in [6.45, 7) is 8.58. The summed E-state index contributed by atoms with van der Waals surface area (Å²) in [7, 11) is 3.95. The first-order chi connectivity index (χ1) is 5.45. The molecule has 0 N–H and O–H groups in total. The van der Waals surface area contributed by atoms with E-state index in [9.17, 15) is 0 Å². The van der Waals surface area contributed by atoms with Gasteiger partial charge in [0, 0.05) is 26.2 Å². The Bertz CT molecular complexity index is 131. The normalized spacial score (nSPS) is 11.7. The van der Waals surface area contributed by atoms with Crippen LogP contribution in [0.4, 0.5) is 0 Å². The highest BCUT2D eigenvalue weighted by atomic mass is 15.5. The van der Waals surface area contributed by atoms with Crippen molar-refractivity contribution in [2.75, 3.05) is 14.1 Å². The van der Waals surface area contributed by atoms with E-state index >= 15 is 0 Å². The average Bonchev–Trinajstić information content (AvgIpc) is 1.84. The fourth-order valence-electron chi connectivity index (χ4n) is 1.03. The van der Waals surface area contributed by atoms with Gasteiger partial charge in [-0.15, -0.1) is 0 Å². The molecule has 0 spiro atoms. The Kier molecular flexibility index (Phi) is 4.71. The van der Waals surface area contributed by atoms with Crippen LogP contribution in [0.1, 0.15) is 27.7 Å². The van der Waals surface area contributed by atoms with Crippen molar-refractivity contribution in [3.05, 3.63) is 0 Å². The molecule has 12 heavy (non-hydrogen) atoms. The molecule has 72 valence electrons. The van der Waals surface area contributed by atoms with E-state index in [0.717, 1.165) is 0 Å². The van der Waals surface area contributed by atoms with Crippen LogP contribution in [0, 0.1) is 0 Å². The van der Waals surface area contributed by atoms with Gasteiger partial charge < -0.3 is 4.90 Å². The summed E-state index contributed by atoms with van der Waals surface area (Å²) in [6.07, 6.45) is 1.83. The van der Waals surface area contributed by atoms with Gasteiger partial charge in [-0.05, 0) is 27.7 Å². The molecule has 0 aliphatic rings. The Morgan fingerprint density at radius 2 is 1.42 bits per heavy atom. The molecule has 0 saturated heterocycles. The van der Waals surface area contributed by atoms with E-state index in [2.05, 4.69) is 37.8 Å². The Morgan fingerprint density at radius 3 is 1.67 bits per heavy atom. The zero-order valence-corrected chi connectivity index (χ0v) is 9.07. The van der Waals surface area contributed by atoms with E-state index in [1.807, 2.05) is 25.3 Å². The number of hydrazone groups is 1. The molecule has 0 aromatic rings. The largest absolute Gasteiger partial charge is 0.367 e. The van der Waals surface area contributed by atoms with Gasteiger partial charge in [-0.1, -0.05) is 0 Å². The second-order valence-corrected chi connectivity index (χ2v) is 3.76. The maximum absolute atomic E-state index is 4.36. The van der Waals surface area contributed by atoms with Crippen LogP contribution < -0.4 is 0 Å². The van der Waals surface area contributed by atoms with E-state index in [1.54, 1.807) is 0 Å². The predicted molar refractivity (Wildman–Crippen MR) is 54.3 cm³/mol. The van der Waals surface area contributed by atoms with Crippen molar-refractivity contribution < 1.29 is 0 Å². The van der Waals surface area contributed by atoms with Gasteiger partial charge in [-0.25, -0.2) is 0 Å². The molecule has 0 bridgehead atoms. The van der Waals surface area contributed by atoms with Crippen LogP contribution in [0.2, 0.25) is 0 Å². The minimum Gasteiger partial charge on any atom is -0.367 e. The van der Waals surface area contributed by atoms with Crippen LogP contribution in [-0.4, -0.2) is 42.4 Å². The molecule has 0 saturated carbocycles. The molecule has 0 aromatic heterocycles. The van der Waals surface area contributed by atoms with E-state index in [1.165, 1.54) is 0 Å². The van der Waals surface area contributed by atoms with Crippen molar-refractivity contribution in [2.24, 2.45) is 5.10 Å². The molecule has 3 nitrogen and oxygen atoms in total. The smallest absolute Gasteiger partial charge is 0.111 e. The highest BCUT2D eigenvalue weighted by molar-refractivity contribution is 5.53. The summed E-state index contributed by atoms with van der Waals surface area (Å²) in [5.74, 6) is 0. The molecule has 0 amide bonds. The Balaban J connectivity index is 4.14. The second-order valence-electron chi connectivity index (χ2n) is 3.76. The lowest BCUT2D eigenvalue weighted by molar-refractivity contribution is 0.182. The fourth-order valence-corrected chi connectivity index (χ4v) is 1.03. The number of nitrogens with zero attached hydrogens (tertiary/aromatic N) is 3. The molecule has 0 heterocycles. The van der Waals surface area contributed by atoms with Crippen LogP contribution in [0.5, 0.6) is 0 Å². The van der Waals surface area contributed by atoms with Gasteiger partial charge in [0.1, 0.15) is 6.34 Å². The van der Waals surface area contributed by atoms with E-state index in [4.69, 9.17) is 0 Å². The van der Waals surface area contributed by atoms with Gasteiger partial charge in [0.2, 0.25) is 0 Å². The molecule has 0 aliphatic heterocycles. The third-order valence-electron chi connectivity index (χ3n) is 1.47. The monoisotopic (exact) mass is 171 g/mol. The lowest BCUT2D eigenvalue weighted by Gasteiger charge is -2.27. The highest BCUT2D eigenvalue weighted by Gasteiger charge is 2.08. The lowest BCUT2D eigenvalue weighted by Crippen LogP contribution is -2.33. The summed E-state index contributed by atoms with van der Waals surface area (Å²) in [6, 6.07) is 0.919. The van der Waals surface area contributed by atoms with Crippen molar-refractivity contribution in [1.82, 2.24) is 9.91 Å². The summed E-state index contributed by atoms with van der Waals surface area (Å²) in [5, 5.41) is 6.44. The zero-order chi connectivity index (χ0) is 9.72. The number of rotatable bonds is 4. The van der Waals surface area contributed by atoms with Gasteiger partial charge in [0.25, 0.3) is 0 Å². The molecule has 0 fully saturated rings. The third-order valence-corrected chi connectivity index (χ3v) is 1.47.